The number of nitrogens with zero attached hydrogens (tertiary/aromatic N) is 1. The van der Waals surface area contributed by atoms with Crippen molar-refractivity contribution >= 4 is 23.3 Å². The molecule has 0 bridgehead atoms. The van der Waals surface area contributed by atoms with Gasteiger partial charge in [0.15, 0.2) is 17.1 Å². The second-order valence-corrected chi connectivity index (χ2v) is 4.28. The van der Waals surface area contributed by atoms with Crippen molar-refractivity contribution in [2.45, 2.75) is 0 Å². The fraction of sp³-hybridized carbons (Fsp3) is 0.0625. The Kier molecular flexibility index (Phi) is 3.13. The van der Waals surface area contributed by atoms with Crippen molar-refractivity contribution in [1.82, 2.24) is 4.98 Å². The summed E-state index contributed by atoms with van der Waals surface area (Å²) in [4.78, 5) is 4.35. The van der Waals surface area contributed by atoms with E-state index < -0.39 is 0 Å². The second kappa shape index (κ2) is 5.09. The normalized spacial score (nSPS) is 11.2. The molecule has 1 aromatic heterocycles. The number of oxazole rings is 1. The van der Waals surface area contributed by atoms with Gasteiger partial charge in [0, 0.05) is 6.08 Å². The molecular formula is C16H13NO3. The first-order valence-corrected chi connectivity index (χ1v) is 6.17. The Morgan fingerprint density at radius 3 is 2.80 bits per heavy atom. The molecule has 20 heavy (non-hydrogen) atoms. The van der Waals surface area contributed by atoms with Crippen LogP contribution in [0.2, 0.25) is 0 Å². The van der Waals surface area contributed by atoms with Crippen LogP contribution in [0.25, 0.3) is 23.3 Å². The molecule has 0 saturated heterocycles. The number of phenols is 1. The van der Waals surface area contributed by atoms with Crippen LogP contribution in [0, 0.1) is 0 Å². The first-order chi connectivity index (χ1) is 9.76. The summed E-state index contributed by atoms with van der Waals surface area (Å²) in [5, 5.41) is 9.54. The average Bonchev–Trinajstić information content (AvgIpc) is 2.89. The molecule has 0 spiro atoms. The number of aromatic nitrogens is 1. The third-order valence-corrected chi connectivity index (χ3v) is 2.93. The summed E-state index contributed by atoms with van der Waals surface area (Å²) in [5.74, 6) is 1.09. The summed E-state index contributed by atoms with van der Waals surface area (Å²) in [6.45, 7) is 0. The van der Waals surface area contributed by atoms with E-state index in [2.05, 4.69) is 4.98 Å². The Bertz CT molecular complexity index is 741. The van der Waals surface area contributed by atoms with E-state index in [1.165, 1.54) is 7.11 Å². The van der Waals surface area contributed by atoms with Gasteiger partial charge in [0.25, 0.3) is 0 Å². The van der Waals surface area contributed by atoms with Crippen LogP contribution >= 0.6 is 0 Å². The minimum atomic E-state index is 0.117. The number of aromatic hydroxyl groups is 1. The van der Waals surface area contributed by atoms with Gasteiger partial charge in [-0.15, -0.1) is 0 Å². The van der Waals surface area contributed by atoms with E-state index >= 15 is 0 Å². The lowest BCUT2D eigenvalue weighted by Gasteiger charge is -2.03. The first kappa shape index (κ1) is 12.3. The third-order valence-electron chi connectivity index (χ3n) is 2.93. The zero-order chi connectivity index (χ0) is 13.9. The smallest absolute Gasteiger partial charge is 0.220 e. The Balaban J connectivity index is 1.89. The van der Waals surface area contributed by atoms with Crippen molar-refractivity contribution in [3.63, 3.8) is 0 Å². The molecule has 3 aromatic rings. The number of benzene rings is 2. The lowest BCUT2D eigenvalue weighted by atomic mass is 10.2. The van der Waals surface area contributed by atoms with E-state index in [9.17, 15) is 5.11 Å². The largest absolute Gasteiger partial charge is 0.504 e. The van der Waals surface area contributed by atoms with Gasteiger partial charge in [-0.05, 0) is 35.9 Å². The monoisotopic (exact) mass is 267 g/mol. The van der Waals surface area contributed by atoms with E-state index in [4.69, 9.17) is 9.15 Å². The molecule has 1 heterocycles. The lowest BCUT2D eigenvalue weighted by Crippen LogP contribution is -1.84. The van der Waals surface area contributed by atoms with Gasteiger partial charge in [-0.25, -0.2) is 4.98 Å². The highest BCUT2D eigenvalue weighted by Gasteiger charge is 2.03. The predicted molar refractivity (Wildman–Crippen MR) is 77.6 cm³/mol. The van der Waals surface area contributed by atoms with E-state index in [1.807, 2.05) is 30.3 Å². The van der Waals surface area contributed by atoms with Gasteiger partial charge in [0.05, 0.1) is 7.11 Å². The molecule has 0 fully saturated rings. The molecule has 4 heteroatoms. The topological polar surface area (TPSA) is 55.5 Å². The molecule has 0 aliphatic heterocycles. The number of hydrogen-bond acceptors (Lipinski definition) is 4. The van der Waals surface area contributed by atoms with Crippen LogP contribution in [0.4, 0.5) is 0 Å². The van der Waals surface area contributed by atoms with Gasteiger partial charge in [-0.3, -0.25) is 0 Å². The van der Waals surface area contributed by atoms with E-state index in [0.717, 1.165) is 16.7 Å². The van der Waals surface area contributed by atoms with Gasteiger partial charge < -0.3 is 14.3 Å². The summed E-state index contributed by atoms with van der Waals surface area (Å²) in [6.07, 6.45) is 3.64. The van der Waals surface area contributed by atoms with Crippen LogP contribution < -0.4 is 4.74 Å². The maximum atomic E-state index is 9.54. The zero-order valence-corrected chi connectivity index (χ0v) is 10.9. The van der Waals surface area contributed by atoms with Crippen molar-refractivity contribution in [1.29, 1.82) is 0 Å². The first-order valence-electron chi connectivity index (χ1n) is 6.17. The minimum absolute atomic E-state index is 0.117. The number of methoxy groups -OCH3 is 1. The van der Waals surface area contributed by atoms with Crippen LogP contribution in [0.15, 0.2) is 46.9 Å². The second-order valence-electron chi connectivity index (χ2n) is 4.28. The number of phenolic OH excluding ortho intramolecular Hbond substituents is 1. The molecule has 0 aliphatic rings. The SMILES string of the molecule is COc1cc(/C=C/c2nc3ccccc3o2)ccc1O. The third kappa shape index (κ3) is 2.36. The van der Waals surface area contributed by atoms with Crippen molar-refractivity contribution < 1.29 is 14.3 Å². The summed E-state index contributed by atoms with van der Waals surface area (Å²) in [7, 11) is 1.52. The van der Waals surface area contributed by atoms with Crippen LogP contribution in [-0.2, 0) is 0 Å². The molecule has 3 rings (SSSR count). The van der Waals surface area contributed by atoms with Gasteiger partial charge in [-0.1, -0.05) is 18.2 Å². The van der Waals surface area contributed by atoms with Crippen molar-refractivity contribution in [3.8, 4) is 11.5 Å². The van der Waals surface area contributed by atoms with Crippen molar-refractivity contribution in [2.24, 2.45) is 0 Å². The number of fused-ring (bicyclic) bond motifs is 1. The maximum Gasteiger partial charge on any atom is 0.220 e. The highest BCUT2D eigenvalue weighted by atomic mass is 16.5. The Morgan fingerprint density at radius 2 is 2.00 bits per heavy atom. The van der Waals surface area contributed by atoms with Gasteiger partial charge in [-0.2, -0.15) is 0 Å². The fourth-order valence-corrected chi connectivity index (χ4v) is 1.93. The standard InChI is InChI=1S/C16H13NO3/c1-19-15-10-11(6-8-13(15)18)7-9-16-17-12-4-2-3-5-14(12)20-16/h2-10,18H,1H3/b9-7+. The molecule has 0 unspecified atom stereocenters. The Morgan fingerprint density at radius 1 is 1.15 bits per heavy atom. The fourth-order valence-electron chi connectivity index (χ4n) is 1.93. The molecule has 0 amide bonds. The van der Waals surface area contributed by atoms with Gasteiger partial charge in [0.2, 0.25) is 5.89 Å². The predicted octanol–water partition coefficient (Wildman–Crippen LogP) is 3.71. The molecule has 100 valence electrons. The van der Waals surface area contributed by atoms with Crippen LogP contribution in [0.5, 0.6) is 11.5 Å². The Labute approximate surface area is 115 Å². The van der Waals surface area contributed by atoms with E-state index in [0.29, 0.717) is 11.6 Å². The van der Waals surface area contributed by atoms with Crippen LogP contribution in [-0.4, -0.2) is 17.2 Å². The highest BCUT2D eigenvalue weighted by molar-refractivity contribution is 5.76. The van der Waals surface area contributed by atoms with Crippen LogP contribution in [0.1, 0.15) is 11.5 Å². The zero-order valence-electron chi connectivity index (χ0n) is 10.9. The molecule has 1 N–H and O–H groups in total. The summed E-state index contributed by atoms with van der Waals surface area (Å²) >= 11 is 0. The minimum Gasteiger partial charge on any atom is -0.504 e. The van der Waals surface area contributed by atoms with Crippen molar-refractivity contribution in [2.75, 3.05) is 7.11 Å². The van der Waals surface area contributed by atoms with E-state index in [-0.39, 0.29) is 5.75 Å². The van der Waals surface area contributed by atoms with Crippen LogP contribution in [0.3, 0.4) is 0 Å². The quantitative estimate of drug-likeness (QED) is 0.786. The molecule has 0 radical (unpaired) electrons. The number of hydrogen-bond donors (Lipinski definition) is 1. The molecule has 4 nitrogen and oxygen atoms in total. The number of ether oxygens (including phenoxy) is 1. The molecule has 0 saturated carbocycles. The summed E-state index contributed by atoms with van der Waals surface area (Å²) in [6, 6.07) is 12.7. The number of rotatable bonds is 3. The maximum absolute atomic E-state index is 9.54. The van der Waals surface area contributed by atoms with E-state index in [1.54, 1.807) is 24.3 Å². The summed E-state index contributed by atoms with van der Waals surface area (Å²) in [5.41, 5.74) is 2.48. The van der Waals surface area contributed by atoms with Gasteiger partial charge in [0.1, 0.15) is 5.52 Å². The highest BCUT2D eigenvalue weighted by Crippen LogP contribution is 2.27. The molecular weight excluding hydrogens is 254 g/mol. The van der Waals surface area contributed by atoms with Gasteiger partial charge >= 0.3 is 0 Å². The van der Waals surface area contributed by atoms with Crippen molar-refractivity contribution in [3.05, 3.63) is 53.9 Å². The number of para-hydroxylation sites is 2. The average molecular weight is 267 g/mol. The Hall–Kier alpha value is -2.75. The lowest BCUT2D eigenvalue weighted by molar-refractivity contribution is 0.373. The molecule has 0 aliphatic carbocycles. The molecule has 2 aromatic carbocycles. The molecule has 0 atom stereocenters. The summed E-state index contributed by atoms with van der Waals surface area (Å²) < 4.78 is 10.7.